The van der Waals surface area contributed by atoms with Gasteiger partial charge in [0.25, 0.3) is 11.7 Å². The molecule has 0 radical (unpaired) electrons. The van der Waals surface area contributed by atoms with Gasteiger partial charge in [0.2, 0.25) is 5.82 Å². The first-order valence-corrected chi connectivity index (χ1v) is 8.46. The highest BCUT2D eigenvalue weighted by molar-refractivity contribution is 6.14. The van der Waals surface area contributed by atoms with Gasteiger partial charge < -0.3 is 13.7 Å². The van der Waals surface area contributed by atoms with E-state index in [2.05, 4.69) is 15.1 Å². The second-order valence-electron chi connectivity index (χ2n) is 6.45. The van der Waals surface area contributed by atoms with Gasteiger partial charge in [-0.2, -0.15) is 4.98 Å². The number of carbonyl (C=O) groups is 1. The molecule has 0 saturated heterocycles. The number of ketones is 1. The van der Waals surface area contributed by atoms with Gasteiger partial charge in [-0.1, -0.05) is 23.4 Å². The number of fused-ring (bicyclic) bond motifs is 2. The summed E-state index contributed by atoms with van der Waals surface area (Å²) < 4.78 is 9.11. The molecule has 0 aliphatic carbocycles. The molecular formula is C20H15N5O2. The van der Waals surface area contributed by atoms with Crippen LogP contribution in [0.15, 0.2) is 59.5 Å². The van der Waals surface area contributed by atoms with Gasteiger partial charge in [-0.15, -0.1) is 0 Å². The van der Waals surface area contributed by atoms with Crippen LogP contribution in [0.2, 0.25) is 0 Å². The molecule has 0 spiro atoms. The van der Waals surface area contributed by atoms with E-state index in [1.165, 1.54) is 0 Å². The normalized spacial score (nSPS) is 11.5. The van der Waals surface area contributed by atoms with E-state index >= 15 is 0 Å². The zero-order valence-corrected chi connectivity index (χ0v) is 14.7. The molecule has 0 bridgehead atoms. The van der Waals surface area contributed by atoms with Gasteiger partial charge in [0.15, 0.2) is 0 Å². The lowest BCUT2D eigenvalue weighted by atomic mass is 10.1. The van der Waals surface area contributed by atoms with Crippen molar-refractivity contribution >= 4 is 27.7 Å². The van der Waals surface area contributed by atoms with Crippen molar-refractivity contribution in [2.24, 2.45) is 14.1 Å². The van der Waals surface area contributed by atoms with E-state index in [1.807, 2.05) is 59.8 Å². The van der Waals surface area contributed by atoms with Crippen molar-refractivity contribution < 1.29 is 9.32 Å². The van der Waals surface area contributed by atoms with E-state index in [0.717, 1.165) is 27.5 Å². The van der Waals surface area contributed by atoms with Crippen LogP contribution in [0.25, 0.3) is 33.3 Å². The summed E-state index contributed by atoms with van der Waals surface area (Å²) in [5.41, 5.74) is 3.11. The Morgan fingerprint density at radius 3 is 2.70 bits per heavy atom. The van der Waals surface area contributed by atoms with Crippen LogP contribution in [0.3, 0.4) is 0 Å². The predicted octanol–water partition coefficient (Wildman–Crippen LogP) is 3.35. The summed E-state index contributed by atoms with van der Waals surface area (Å²) in [7, 11) is 3.81. The molecule has 7 heteroatoms. The van der Waals surface area contributed by atoms with E-state index in [9.17, 15) is 4.79 Å². The topological polar surface area (TPSA) is 78.7 Å². The number of para-hydroxylation sites is 1. The number of pyridine rings is 1. The molecule has 5 rings (SSSR count). The first-order chi connectivity index (χ1) is 13.1. The largest absolute Gasteiger partial charge is 0.350 e. The highest BCUT2D eigenvalue weighted by atomic mass is 16.5. The summed E-state index contributed by atoms with van der Waals surface area (Å²) in [5, 5.41) is 5.81. The monoisotopic (exact) mass is 357 g/mol. The summed E-state index contributed by atoms with van der Waals surface area (Å²) in [6, 6.07) is 11.6. The molecular weight excluding hydrogens is 342 g/mol. The van der Waals surface area contributed by atoms with Gasteiger partial charge >= 0.3 is 0 Å². The van der Waals surface area contributed by atoms with Crippen LogP contribution >= 0.6 is 0 Å². The van der Waals surface area contributed by atoms with Gasteiger partial charge in [-0.3, -0.25) is 4.79 Å². The minimum atomic E-state index is -0.312. The summed E-state index contributed by atoms with van der Waals surface area (Å²) >= 11 is 0. The van der Waals surface area contributed by atoms with Gasteiger partial charge in [0.1, 0.15) is 5.65 Å². The molecule has 0 amide bonds. The molecule has 5 aromatic rings. The molecule has 7 nitrogen and oxygen atoms in total. The van der Waals surface area contributed by atoms with Crippen molar-refractivity contribution in [1.29, 1.82) is 0 Å². The Balaban J connectivity index is 1.60. The van der Waals surface area contributed by atoms with E-state index < -0.39 is 0 Å². The Bertz CT molecular complexity index is 1320. The lowest BCUT2D eigenvalue weighted by Crippen LogP contribution is -2.01. The first kappa shape index (κ1) is 15.5. The molecule has 27 heavy (non-hydrogen) atoms. The molecule has 1 aromatic carbocycles. The van der Waals surface area contributed by atoms with Gasteiger partial charge in [0.05, 0.1) is 5.56 Å². The fraction of sp³-hybridized carbons (Fsp3) is 0.100. The first-order valence-electron chi connectivity index (χ1n) is 8.46. The minimum Gasteiger partial charge on any atom is -0.350 e. The molecule has 0 fully saturated rings. The zero-order valence-electron chi connectivity index (χ0n) is 14.7. The van der Waals surface area contributed by atoms with E-state index in [4.69, 9.17) is 4.52 Å². The Kier molecular flexibility index (Phi) is 3.24. The predicted molar refractivity (Wildman–Crippen MR) is 100 cm³/mol. The van der Waals surface area contributed by atoms with Crippen molar-refractivity contribution in [2.45, 2.75) is 0 Å². The average molecular weight is 357 g/mol. The molecule has 0 unspecified atom stereocenters. The molecule has 0 atom stereocenters. The Labute approximate surface area is 153 Å². The van der Waals surface area contributed by atoms with Crippen LogP contribution < -0.4 is 0 Å². The Morgan fingerprint density at radius 1 is 1.00 bits per heavy atom. The molecule has 4 aromatic heterocycles. The van der Waals surface area contributed by atoms with E-state index in [0.29, 0.717) is 11.4 Å². The van der Waals surface area contributed by atoms with Gasteiger partial charge in [0, 0.05) is 54.5 Å². The standard InChI is InChI=1S/C20H15N5O2/c1-24-11-15(12-6-3-4-8-16(12)24)18-22-20(27-23-18)17(26)14-10-25(2)19-13(14)7-5-9-21-19/h3-11H,1-2H3. The van der Waals surface area contributed by atoms with Gasteiger partial charge in [-0.25, -0.2) is 4.98 Å². The summed E-state index contributed by atoms with van der Waals surface area (Å²) in [6.07, 6.45) is 5.37. The highest BCUT2D eigenvalue weighted by Crippen LogP contribution is 2.29. The summed E-state index contributed by atoms with van der Waals surface area (Å²) in [4.78, 5) is 21.6. The zero-order chi connectivity index (χ0) is 18.5. The maximum Gasteiger partial charge on any atom is 0.299 e. The number of hydrogen-bond acceptors (Lipinski definition) is 5. The van der Waals surface area contributed by atoms with Crippen LogP contribution in [-0.4, -0.2) is 30.0 Å². The van der Waals surface area contributed by atoms with Crippen molar-refractivity contribution in [2.75, 3.05) is 0 Å². The number of benzene rings is 1. The number of aromatic nitrogens is 5. The minimum absolute atomic E-state index is 0.0331. The Hall–Kier alpha value is -3.74. The maximum absolute atomic E-state index is 12.9. The summed E-state index contributed by atoms with van der Waals surface area (Å²) in [6.45, 7) is 0. The third-order valence-electron chi connectivity index (χ3n) is 4.74. The molecule has 132 valence electrons. The van der Waals surface area contributed by atoms with Crippen molar-refractivity contribution in [3.8, 4) is 11.4 Å². The van der Waals surface area contributed by atoms with Gasteiger partial charge in [-0.05, 0) is 18.2 Å². The molecule has 0 aliphatic heterocycles. The number of carbonyl (C=O) groups excluding carboxylic acids is 1. The molecule has 4 heterocycles. The van der Waals surface area contributed by atoms with Crippen LogP contribution in [0.4, 0.5) is 0 Å². The number of hydrogen-bond donors (Lipinski definition) is 0. The molecule has 0 N–H and O–H groups in total. The van der Waals surface area contributed by atoms with Crippen LogP contribution in [-0.2, 0) is 14.1 Å². The third kappa shape index (κ3) is 2.28. The SMILES string of the molecule is Cn1cc(-c2noc(C(=O)c3cn(C)c4ncccc34)n2)c2ccccc21. The van der Waals surface area contributed by atoms with Crippen LogP contribution in [0.5, 0.6) is 0 Å². The Morgan fingerprint density at radius 2 is 1.81 bits per heavy atom. The fourth-order valence-electron chi connectivity index (χ4n) is 3.45. The van der Waals surface area contributed by atoms with Crippen LogP contribution in [0.1, 0.15) is 16.2 Å². The van der Waals surface area contributed by atoms with Crippen molar-refractivity contribution in [3.05, 3.63) is 66.4 Å². The lowest BCUT2D eigenvalue weighted by molar-refractivity contribution is 0.0995. The van der Waals surface area contributed by atoms with Crippen LogP contribution in [0, 0.1) is 0 Å². The fourth-order valence-corrected chi connectivity index (χ4v) is 3.45. The van der Waals surface area contributed by atoms with E-state index in [1.54, 1.807) is 18.5 Å². The highest BCUT2D eigenvalue weighted by Gasteiger charge is 2.23. The summed E-state index contributed by atoms with van der Waals surface area (Å²) in [5.74, 6) is 0.0513. The van der Waals surface area contributed by atoms with E-state index in [-0.39, 0.29) is 11.7 Å². The van der Waals surface area contributed by atoms with Crippen molar-refractivity contribution in [1.82, 2.24) is 24.3 Å². The second-order valence-corrected chi connectivity index (χ2v) is 6.45. The third-order valence-corrected chi connectivity index (χ3v) is 4.74. The smallest absolute Gasteiger partial charge is 0.299 e. The quantitative estimate of drug-likeness (QED) is 0.463. The second kappa shape index (κ2) is 5.63. The average Bonchev–Trinajstić information content (AvgIpc) is 3.39. The molecule has 0 saturated carbocycles. The number of rotatable bonds is 3. The van der Waals surface area contributed by atoms with Crippen molar-refractivity contribution in [3.63, 3.8) is 0 Å². The number of nitrogens with zero attached hydrogens (tertiary/aromatic N) is 5. The lowest BCUT2D eigenvalue weighted by Gasteiger charge is -1.93. The maximum atomic E-state index is 12.9. The number of aryl methyl sites for hydroxylation is 2. The molecule has 0 aliphatic rings.